The monoisotopic (exact) mass is 610 g/mol. The molecule has 0 radical (unpaired) electrons. The molecule has 0 spiro atoms. The molecule has 234 valence electrons. The van der Waals surface area contributed by atoms with Crippen LogP contribution >= 0.6 is 0 Å². The molecule has 2 saturated heterocycles. The molecule has 7 rings (SSSR count). The van der Waals surface area contributed by atoms with E-state index in [-0.39, 0.29) is 47.5 Å². The predicted molar refractivity (Wildman–Crippen MR) is 167 cm³/mol. The van der Waals surface area contributed by atoms with Crippen molar-refractivity contribution in [2.45, 2.75) is 76.3 Å². The van der Waals surface area contributed by atoms with Crippen LogP contribution in [0.3, 0.4) is 0 Å². The molecule has 0 unspecified atom stereocenters. The summed E-state index contributed by atoms with van der Waals surface area (Å²) in [5, 5.41) is 14.3. The molecule has 2 aromatic carbocycles. The third-order valence-electron chi connectivity index (χ3n) is 9.27. The Kier molecular flexibility index (Phi) is 8.08. The number of nitrogens with zero attached hydrogens (tertiary/aromatic N) is 4. The summed E-state index contributed by atoms with van der Waals surface area (Å²) in [6.07, 6.45) is 8.11. The maximum Gasteiger partial charge on any atom is 0.248 e. The van der Waals surface area contributed by atoms with Gasteiger partial charge in [-0.3, -0.25) is 19.2 Å². The molecule has 2 N–H and O–H groups in total. The van der Waals surface area contributed by atoms with Gasteiger partial charge >= 0.3 is 0 Å². The lowest BCUT2D eigenvalue weighted by Crippen LogP contribution is -2.38. The number of hydrogen-bond donors (Lipinski definition) is 2. The van der Waals surface area contributed by atoms with Crippen LogP contribution in [-0.4, -0.2) is 68.8 Å². The molecule has 45 heavy (non-hydrogen) atoms. The Balaban J connectivity index is 0.907. The van der Waals surface area contributed by atoms with Crippen molar-refractivity contribution < 1.29 is 23.6 Å². The highest BCUT2D eigenvalue weighted by atomic mass is 16.4. The summed E-state index contributed by atoms with van der Waals surface area (Å²) < 4.78 is 5.92. The molecular weight excluding hydrogens is 572 g/mol. The van der Waals surface area contributed by atoms with Gasteiger partial charge in [-0.2, -0.15) is 0 Å². The number of carbonyl (C=O) groups excluding carboxylic acids is 4. The van der Waals surface area contributed by atoms with Crippen LogP contribution in [0.5, 0.6) is 0 Å². The SMILES string of the molecule is O=C(C[C@@H]1CCCN1C(=O)C1CC1)Nc1ccc(-c2nnc(-c3ccc(NC(=O)C[C@@H]4CCCN4C(=O)C4CC4)cc3)o2)cc1. The third kappa shape index (κ3) is 6.77. The Hall–Kier alpha value is -4.54. The van der Waals surface area contributed by atoms with E-state index in [1.54, 1.807) is 24.3 Å². The van der Waals surface area contributed by atoms with Crippen LogP contribution in [0.4, 0.5) is 11.4 Å². The molecule has 2 saturated carbocycles. The van der Waals surface area contributed by atoms with E-state index in [9.17, 15) is 19.2 Å². The fourth-order valence-electron chi connectivity index (χ4n) is 6.51. The molecule has 2 aliphatic heterocycles. The lowest BCUT2D eigenvalue weighted by atomic mass is 10.1. The van der Waals surface area contributed by atoms with Gasteiger partial charge in [0.15, 0.2) is 0 Å². The van der Waals surface area contributed by atoms with E-state index in [2.05, 4.69) is 20.8 Å². The minimum atomic E-state index is -0.104. The van der Waals surface area contributed by atoms with Crippen molar-refractivity contribution in [3.05, 3.63) is 48.5 Å². The number of nitrogens with one attached hydrogen (secondary N) is 2. The Bertz CT molecular complexity index is 1460. The molecule has 1 aromatic heterocycles. The second-order valence-corrected chi connectivity index (χ2v) is 12.8. The van der Waals surface area contributed by atoms with Gasteiger partial charge in [-0.15, -0.1) is 10.2 Å². The van der Waals surface area contributed by atoms with E-state index in [1.165, 1.54) is 0 Å². The topological polar surface area (TPSA) is 138 Å². The highest BCUT2D eigenvalue weighted by Crippen LogP contribution is 2.35. The first-order valence-electron chi connectivity index (χ1n) is 16.2. The van der Waals surface area contributed by atoms with Gasteiger partial charge in [0.1, 0.15) is 0 Å². The molecule has 4 fully saturated rings. The minimum Gasteiger partial charge on any atom is -0.416 e. The fraction of sp³-hybridized carbons (Fsp3) is 0.471. The van der Waals surface area contributed by atoms with Crippen molar-refractivity contribution in [2.24, 2.45) is 11.8 Å². The van der Waals surface area contributed by atoms with Crippen LogP contribution in [0.15, 0.2) is 52.9 Å². The van der Waals surface area contributed by atoms with Crippen molar-refractivity contribution in [1.82, 2.24) is 20.0 Å². The number of anilines is 2. The normalized spacial score (nSPS) is 21.2. The molecule has 2 atom stereocenters. The van der Waals surface area contributed by atoms with Crippen LogP contribution in [0.1, 0.15) is 64.2 Å². The summed E-state index contributed by atoms with van der Waals surface area (Å²) in [5.41, 5.74) is 2.76. The largest absolute Gasteiger partial charge is 0.416 e. The molecule has 11 nitrogen and oxygen atoms in total. The quantitative estimate of drug-likeness (QED) is 0.334. The van der Waals surface area contributed by atoms with Crippen LogP contribution in [0.2, 0.25) is 0 Å². The zero-order chi connectivity index (χ0) is 30.9. The van der Waals surface area contributed by atoms with Crippen LogP contribution in [0.25, 0.3) is 22.9 Å². The maximum absolute atomic E-state index is 12.7. The zero-order valence-corrected chi connectivity index (χ0v) is 25.2. The number of likely N-dealkylation sites (tertiary alicyclic amines) is 2. The van der Waals surface area contributed by atoms with Gasteiger partial charge in [-0.05, 0) is 99.9 Å². The number of carbonyl (C=O) groups is 4. The van der Waals surface area contributed by atoms with Gasteiger partial charge < -0.3 is 24.9 Å². The molecular formula is C34H38N6O5. The van der Waals surface area contributed by atoms with Crippen molar-refractivity contribution in [1.29, 1.82) is 0 Å². The van der Waals surface area contributed by atoms with Gasteiger partial charge in [0.25, 0.3) is 0 Å². The van der Waals surface area contributed by atoms with E-state index in [1.807, 2.05) is 34.1 Å². The summed E-state index contributed by atoms with van der Waals surface area (Å²) >= 11 is 0. The number of aromatic nitrogens is 2. The number of hydrogen-bond acceptors (Lipinski definition) is 7. The van der Waals surface area contributed by atoms with Gasteiger partial charge in [-0.25, -0.2) is 0 Å². The predicted octanol–water partition coefficient (Wildman–Crippen LogP) is 4.86. The highest BCUT2D eigenvalue weighted by Gasteiger charge is 2.40. The van der Waals surface area contributed by atoms with Gasteiger partial charge in [0.2, 0.25) is 35.4 Å². The maximum atomic E-state index is 12.7. The summed E-state index contributed by atoms with van der Waals surface area (Å²) in [6, 6.07) is 14.4. The van der Waals surface area contributed by atoms with Gasteiger partial charge in [-0.1, -0.05) is 0 Å². The van der Waals surface area contributed by atoms with Crippen molar-refractivity contribution in [2.75, 3.05) is 23.7 Å². The van der Waals surface area contributed by atoms with Gasteiger partial charge in [0, 0.05) is 72.4 Å². The molecule has 4 amide bonds. The van der Waals surface area contributed by atoms with E-state index >= 15 is 0 Å². The Morgan fingerprint density at radius 1 is 0.622 bits per heavy atom. The first kappa shape index (κ1) is 29.2. The summed E-state index contributed by atoms with van der Waals surface area (Å²) in [4.78, 5) is 54.3. The van der Waals surface area contributed by atoms with Crippen LogP contribution < -0.4 is 10.6 Å². The lowest BCUT2D eigenvalue weighted by molar-refractivity contribution is -0.135. The summed E-state index contributed by atoms with van der Waals surface area (Å²) in [6.45, 7) is 1.50. The van der Waals surface area contributed by atoms with E-state index < -0.39 is 0 Å². The molecule has 0 bridgehead atoms. The molecule has 11 heteroatoms. The standard InChI is InChI=1S/C34H38N6O5/c41-29(19-27-3-1-17-39(27)33(43)23-5-6-23)35-25-13-9-21(10-14-25)31-37-38-32(45-31)22-11-15-26(16-12-22)36-30(42)20-28-4-2-18-40(28)34(44)24-7-8-24/h9-16,23-24,27-28H,1-8,17-20H2,(H,35,41)(H,36,42)/t27-,28-/m0/s1. The Labute approximate surface area is 261 Å². The average Bonchev–Trinajstić information content (AvgIpc) is 3.93. The first-order valence-corrected chi connectivity index (χ1v) is 16.2. The fourth-order valence-corrected chi connectivity index (χ4v) is 6.51. The number of benzene rings is 2. The van der Waals surface area contributed by atoms with Crippen molar-refractivity contribution >= 4 is 35.0 Å². The third-order valence-corrected chi connectivity index (χ3v) is 9.27. The van der Waals surface area contributed by atoms with E-state index in [0.717, 1.165) is 64.5 Å². The Morgan fingerprint density at radius 3 is 1.40 bits per heavy atom. The smallest absolute Gasteiger partial charge is 0.248 e. The Morgan fingerprint density at radius 2 is 1.02 bits per heavy atom. The van der Waals surface area contributed by atoms with E-state index in [4.69, 9.17) is 4.42 Å². The minimum absolute atomic E-state index is 0.0223. The second-order valence-electron chi connectivity index (χ2n) is 12.8. The summed E-state index contributed by atoms with van der Waals surface area (Å²) in [5.74, 6) is 1.25. The van der Waals surface area contributed by atoms with Crippen molar-refractivity contribution in [3.8, 4) is 22.9 Å². The molecule has 4 aliphatic rings. The first-order chi connectivity index (χ1) is 21.9. The zero-order valence-electron chi connectivity index (χ0n) is 25.2. The average molecular weight is 611 g/mol. The molecule has 3 heterocycles. The van der Waals surface area contributed by atoms with Crippen LogP contribution in [0, 0.1) is 11.8 Å². The highest BCUT2D eigenvalue weighted by molar-refractivity contribution is 5.93. The molecule has 2 aliphatic carbocycles. The molecule has 3 aromatic rings. The lowest BCUT2D eigenvalue weighted by Gasteiger charge is -2.24. The second kappa shape index (κ2) is 12.5. The number of amides is 4. The number of rotatable bonds is 10. The van der Waals surface area contributed by atoms with Crippen molar-refractivity contribution in [3.63, 3.8) is 0 Å². The van der Waals surface area contributed by atoms with E-state index in [0.29, 0.717) is 47.1 Å². The summed E-state index contributed by atoms with van der Waals surface area (Å²) in [7, 11) is 0. The van der Waals surface area contributed by atoms with Crippen LogP contribution in [-0.2, 0) is 19.2 Å². The van der Waals surface area contributed by atoms with Gasteiger partial charge in [0.05, 0.1) is 0 Å².